The largest absolute Gasteiger partial charge is 0.481 e. The second kappa shape index (κ2) is 5.69. The lowest BCUT2D eigenvalue weighted by molar-refractivity contribution is -0.148. The Bertz CT molecular complexity index is 446. The lowest BCUT2D eigenvalue weighted by Crippen LogP contribution is -2.34. The minimum absolute atomic E-state index is 0.574. The maximum Gasteiger partial charge on any atom is 0.310 e. The average Bonchev–Trinajstić information content (AvgIpc) is 2.99. The van der Waals surface area contributed by atoms with Gasteiger partial charge in [-0.05, 0) is 25.8 Å². The van der Waals surface area contributed by atoms with E-state index in [4.69, 9.17) is 0 Å². The van der Waals surface area contributed by atoms with E-state index in [1.807, 2.05) is 11.6 Å². The van der Waals surface area contributed by atoms with Crippen LogP contribution in [0.3, 0.4) is 0 Å². The zero-order valence-electron chi connectivity index (χ0n) is 11.7. The second-order valence-corrected chi connectivity index (χ2v) is 5.30. The predicted octanol–water partition coefficient (Wildman–Crippen LogP) is 1.37. The number of carbonyl (C=O) groups is 1. The smallest absolute Gasteiger partial charge is 0.310 e. The first-order valence-electron chi connectivity index (χ1n) is 6.93. The molecule has 0 aliphatic carbocycles. The van der Waals surface area contributed by atoms with Crippen LogP contribution < -0.4 is 0 Å². The van der Waals surface area contributed by atoms with Crippen molar-refractivity contribution >= 4 is 5.97 Å². The lowest BCUT2D eigenvalue weighted by atomic mass is 9.84. The van der Waals surface area contributed by atoms with Gasteiger partial charge >= 0.3 is 5.97 Å². The van der Waals surface area contributed by atoms with Crippen LogP contribution in [0.1, 0.15) is 38.9 Å². The highest BCUT2D eigenvalue weighted by Crippen LogP contribution is 2.34. The number of hydrogen-bond donors (Lipinski definition) is 1. The molecule has 0 amide bonds. The summed E-state index contributed by atoms with van der Waals surface area (Å²) in [6.45, 7) is 7.04. The summed E-state index contributed by atoms with van der Waals surface area (Å²) >= 11 is 0. The number of aromatic nitrogens is 3. The molecule has 0 bridgehead atoms. The Kier molecular flexibility index (Phi) is 4.19. The van der Waals surface area contributed by atoms with E-state index in [0.29, 0.717) is 19.5 Å². The van der Waals surface area contributed by atoms with E-state index in [2.05, 4.69) is 21.9 Å². The summed E-state index contributed by atoms with van der Waals surface area (Å²) in [4.78, 5) is 17.9. The molecule has 1 aliphatic heterocycles. The Morgan fingerprint density at radius 1 is 1.53 bits per heavy atom. The number of aliphatic carboxylic acids is 1. The second-order valence-electron chi connectivity index (χ2n) is 5.30. The molecule has 1 unspecified atom stereocenters. The predicted molar refractivity (Wildman–Crippen MR) is 70.6 cm³/mol. The minimum atomic E-state index is -0.674. The SMILES string of the molecule is CCCn1ncnc1CN1CCC(CC)(C(=O)O)C1. The quantitative estimate of drug-likeness (QED) is 0.842. The summed E-state index contributed by atoms with van der Waals surface area (Å²) in [5.41, 5.74) is -0.574. The fourth-order valence-electron chi connectivity index (χ4n) is 2.72. The molecule has 0 saturated carbocycles. The van der Waals surface area contributed by atoms with Gasteiger partial charge in [-0.15, -0.1) is 0 Å². The van der Waals surface area contributed by atoms with Crippen molar-refractivity contribution in [2.45, 2.75) is 46.2 Å². The first kappa shape index (κ1) is 14.0. The highest BCUT2D eigenvalue weighted by atomic mass is 16.4. The van der Waals surface area contributed by atoms with Gasteiger partial charge in [0.1, 0.15) is 12.2 Å². The third-order valence-corrected chi connectivity index (χ3v) is 4.06. The summed E-state index contributed by atoms with van der Waals surface area (Å²) < 4.78 is 1.91. The number of rotatable bonds is 6. The van der Waals surface area contributed by atoms with Gasteiger partial charge in [-0.3, -0.25) is 9.69 Å². The van der Waals surface area contributed by atoms with E-state index in [-0.39, 0.29) is 0 Å². The zero-order chi connectivity index (χ0) is 13.9. The fourth-order valence-corrected chi connectivity index (χ4v) is 2.72. The number of likely N-dealkylation sites (tertiary alicyclic amines) is 1. The van der Waals surface area contributed by atoms with Crippen molar-refractivity contribution < 1.29 is 9.90 Å². The van der Waals surface area contributed by atoms with Gasteiger partial charge in [-0.25, -0.2) is 9.67 Å². The summed E-state index contributed by atoms with van der Waals surface area (Å²) in [5.74, 6) is 0.256. The van der Waals surface area contributed by atoms with Crippen molar-refractivity contribution in [1.82, 2.24) is 19.7 Å². The monoisotopic (exact) mass is 266 g/mol. The first-order valence-corrected chi connectivity index (χ1v) is 6.93. The zero-order valence-corrected chi connectivity index (χ0v) is 11.7. The third kappa shape index (κ3) is 2.78. The van der Waals surface area contributed by atoms with E-state index >= 15 is 0 Å². The average molecular weight is 266 g/mol. The molecule has 1 aromatic heterocycles. The Morgan fingerprint density at radius 3 is 2.89 bits per heavy atom. The van der Waals surface area contributed by atoms with E-state index < -0.39 is 11.4 Å². The molecular formula is C13H22N4O2. The fraction of sp³-hybridized carbons (Fsp3) is 0.769. The van der Waals surface area contributed by atoms with E-state index in [9.17, 15) is 9.90 Å². The molecule has 1 N–H and O–H groups in total. The molecule has 106 valence electrons. The van der Waals surface area contributed by atoms with Crippen LogP contribution in [-0.4, -0.2) is 43.8 Å². The van der Waals surface area contributed by atoms with Gasteiger partial charge < -0.3 is 5.11 Å². The van der Waals surface area contributed by atoms with Gasteiger partial charge in [0, 0.05) is 13.1 Å². The van der Waals surface area contributed by atoms with Crippen LogP contribution in [0.5, 0.6) is 0 Å². The van der Waals surface area contributed by atoms with Crippen LogP contribution in [0.2, 0.25) is 0 Å². The minimum Gasteiger partial charge on any atom is -0.481 e. The summed E-state index contributed by atoms with van der Waals surface area (Å²) in [7, 11) is 0. The van der Waals surface area contributed by atoms with Crippen LogP contribution in [-0.2, 0) is 17.9 Å². The van der Waals surface area contributed by atoms with Crippen molar-refractivity contribution in [3.05, 3.63) is 12.2 Å². The van der Waals surface area contributed by atoms with Gasteiger partial charge in [-0.2, -0.15) is 5.10 Å². The molecule has 6 nitrogen and oxygen atoms in total. The van der Waals surface area contributed by atoms with Gasteiger partial charge in [0.05, 0.1) is 12.0 Å². The van der Waals surface area contributed by atoms with Crippen molar-refractivity contribution in [3.63, 3.8) is 0 Å². The molecular weight excluding hydrogens is 244 g/mol. The molecule has 19 heavy (non-hydrogen) atoms. The highest BCUT2D eigenvalue weighted by molar-refractivity contribution is 5.75. The summed E-state index contributed by atoms with van der Waals surface area (Å²) in [5, 5.41) is 13.6. The molecule has 1 saturated heterocycles. The van der Waals surface area contributed by atoms with Crippen LogP contribution in [0.25, 0.3) is 0 Å². The number of nitrogens with zero attached hydrogens (tertiary/aromatic N) is 4. The maximum atomic E-state index is 11.4. The van der Waals surface area contributed by atoms with Gasteiger partial charge in [0.15, 0.2) is 0 Å². The topological polar surface area (TPSA) is 71.2 Å². The van der Waals surface area contributed by atoms with Crippen LogP contribution in [0.15, 0.2) is 6.33 Å². The van der Waals surface area contributed by atoms with E-state index in [1.165, 1.54) is 0 Å². The highest BCUT2D eigenvalue weighted by Gasteiger charge is 2.43. The molecule has 1 atom stereocenters. The van der Waals surface area contributed by atoms with Crippen molar-refractivity contribution in [2.75, 3.05) is 13.1 Å². The van der Waals surface area contributed by atoms with Crippen molar-refractivity contribution in [2.24, 2.45) is 5.41 Å². The number of hydrogen-bond acceptors (Lipinski definition) is 4. The maximum absolute atomic E-state index is 11.4. The standard InChI is InChI=1S/C13H22N4O2/c1-3-6-17-11(14-10-15-17)8-16-7-5-13(4-2,9-16)12(18)19/h10H,3-9H2,1-2H3,(H,18,19). The lowest BCUT2D eigenvalue weighted by Gasteiger charge is -2.22. The molecule has 0 aromatic carbocycles. The molecule has 2 heterocycles. The summed E-state index contributed by atoms with van der Waals surface area (Å²) in [6.07, 6.45) is 4.00. The van der Waals surface area contributed by atoms with Crippen LogP contribution >= 0.6 is 0 Å². The van der Waals surface area contributed by atoms with E-state index in [0.717, 1.165) is 31.8 Å². The molecule has 6 heteroatoms. The Morgan fingerprint density at radius 2 is 2.32 bits per heavy atom. The molecule has 1 aliphatic rings. The van der Waals surface area contributed by atoms with Gasteiger partial charge in [0.25, 0.3) is 0 Å². The molecule has 2 rings (SSSR count). The van der Waals surface area contributed by atoms with Gasteiger partial charge in [-0.1, -0.05) is 13.8 Å². The van der Waals surface area contributed by atoms with Crippen molar-refractivity contribution in [3.8, 4) is 0 Å². The number of carboxylic acid groups (broad SMARTS) is 1. The van der Waals surface area contributed by atoms with Crippen LogP contribution in [0.4, 0.5) is 0 Å². The van der Waals surface area contributed by atoms with Crippen LogP contribution in [0, 0.1) is 5.41 Å². The summed E-state index contributed by atoms with van der Waals surface area (Å²) in [6, 6.07) is 0. The normalized spacial score (nSPS) is 23.9. The third-order valence-electron chi connectivity index (χ3n) is 4.06. The Balaban J connectivity index is 2.02. The Hall–Kier alpha value is -1.43. The number of carboxylic acids is 1. The first-order chi connectivity index (χ1) is 9.11. The molecule has 0 radical (unpaired) electrons. The molecule has 0 spiro atoms. The number of aryl methyl sites for hydroxylation is 1. The molecule has 1 fully saturated rings. The van der Waals surface area contributed by atoms with Gasteiger partial charge in [0.2, 0.25) is 0 Å². The van der Waals surface area contributed by atoms with E-state index in [1.54, 1.807) is 6.33 Å². The van der Waals surface area contributed by atoms with Crippen molar-refractivity contribution in [1.29, 1.82) is 0 Å². The Labute approximate surface area is 113 Å². The molecule has 1 aromatic rings.